The number of hydrogen-bond donors (Lipinski definition) is 0. The summed E-state index contributed by atoms with van der Waals surface area (Å²) in [6.45, 7) is 5.78. The van der Waals surface area contributed by atoms with Crippen LogP contribution in [-0.4, -0.2) is 46.0 Å². The van der Waals surface area contributed by atoms with Crippen molar-refractivity contribution in [2.24, 2.45) is 0 Å². The summed E-state index contributed by atoms with van der Waals surface area (Å²) in [5.41, 5.74) is 2.83. The van der Waals surface area contributed by atoms with E-state index in [0.29, 0.717) is 0 Å². The minimum Gasteiger partial charge on any atom is -0.367 e. The second-order valence-corrected chi connectivity index (χ2v) is 4.70. The van der Waals surface area contributed by atoms with Gasteiger partial charge in [-0.2, -0.15) is 0 Å². The molecule has 1 heterocycles. The smallest absolute Gasteiger partial charge is 0.146 e. The number of hydrogen-bond acceptors (Lipinski definition) is 2. The summed E-state index contributed by atoms with van der Waals surface area (Å²) in [4.78, 5) is 4.43. The summed E-state index contributed by atoms with van der Waals surface area (Å²) in [7, 11) is 4.10. The number of anilines is 1. The van der Waals surface area contributed by atoms with E-state index in [1.54, 1.807) is 6.07 Å². The highest BCUT2D eigenvalue weighted by molar-refractivity contribution is 6.36. The molecule has 1 saturated heterocycles. The van der Waals surface area contributed by atoms with Crippen LogP contribution in [0, 0.1) is 12.7 Å². The molecule has 0 N–H and O–H groups in total. The van der Waals surface area contributed by atoms with Gasteiger partial charge in [0, 0.05) is 26.2 Å². The van der Waals surface area contributed by atoms with Gasteiger partial charge in [-0.25, -0.2) is 4.39 Å². The van der Waals surface area contributed by atoms with E-state index in [0.717, 1.165) is 42.9 Å². The lowest BCUT2D eigenvalue weighted by Gasteiger charge is -2.35. The van der Waals surface area contributed by atoms with Crippen LogP contribution in [0.3, 0.4) is 0 Å². The lowest BCUT2D eigenvalue weighted by atomic mass is 9.91. The van der Waals surface area contributed by atoms with Crippen molar-refractivity contribution in [3.05, 3.63) is 23.5 Å². The number of halogens is 1. The van der Waals surface area contributed by atoms with Crippen LogP contribution in [0.2, 0.25) is 0 Å². The molecular formula is C12H18BFN2. The van der Waals surface area contributed by atoms with Crippen molar-refractivity contribution in [1.29, 1.82) is 0 Å². The average molecular weight is 220 g/mol. The molecule has 0 atom stereocenters. The van der Waals surface area contributed by atoms with E-state index in [4.69, 9.17) is 0 Å². The molecule has 86 valence electrons. The topological polar surface area (TPSA) is 6.48 Å². The van der Waals surface area contributed by atoms with Crippen molar-refractivity contribution in [2.45, 2.75) is 6.92 Å². The summed E-state index contributed by atoms with van der Waals surface area (Å²) in [6, 6.07) is 3.68. The fourth-order valence-electron chi connectivity index (χ4n) is 2.34. The third-order valence-corrected chi connectivity index (χ3v) is 3.22. The third-order valence-electron chi connectivity index (χ3n) is 3.22. The Morgan fingerprint density at radius 3 is 2.38 bits per heavy atom. The van der Waals surface area contributed by atoms with Crippen LogP contribution in [-0.2, 0) is 0 Å². The largest absolute Gasteiger partial charge is 0.367 e. The highest BCUT2D eigenvalue weighted by atomic mass is 19.1. The van der Waals surface area contributed by atoms with Crippen molar-refractivity contribution in [2.75, 3.05) is 38.1 Å². The minimum atomic E-state index is -0.0814. The number of benzene rings is 1. The van der Waals surface area contributed by atoms with Crippen molar-refractivity contribution < 1.29 is 4.39 Å². The zero-order valence-corrected chi connectivity index (χ0v) is 10.3. The molecule has 0 bridgehead atoms. The lowest BCUT2D eigenvalue weighted by molar-refractivity contribution is 0.312. The van der Waals surface area contributed by atoms with E-state index in [9.17, 15) is 4.39 Å². The Balaban J connectivity index is 2.26. The van der Waals surface area contributed by atoms with Crippen LogP contribution in [0.15, 0.2) is 12.1 Å². The highest BCUT2D eigenvalue weighted by Crippen LogP contribution is 2.19. The fraction of sp³-hybridized carbons (Fsp3) is 0.500. The molecule has 16 heavy (non-hydrogen) atoms. The van der Waals surface area contributed by atoms with Gasteiger partial charge in [-0.1, -0.05) is 11.5 Å². The molecule has 2 rings (SSSR count). The first-order valence-electron chi connectivity index (χ1n) is 5.78. The Morgan fingerprint density at radius 1 is 1.19 bits per heavy atom. The van der Waals surface area contributed by atoms with Gasteiger partial charge < -0.3 is 9.80 Å². The molecular weight excluding hydrogens is 202 g/mol. The monoisotopic (exact) mass is 220 g/mol. The Labute approximate surface area is 97.5 Å². The normalized spacial score (nSPS) is 17.8. The molecule has 0 radical (unpaired) electrons. The van der Waals surface area contributed by atoms with E-state index < -0.39 is 0 Å². The number of rotatable bonds is 1. The van der Waals surface area contributed by atoms with Crippen molar-refractivity contribution in [3.63, 3.8) is 0 Å². The summed E-state index contributed by atoms with van der Waals surface area (Å²) in [6.07, 6.45) is 0. The van der Waals surface area contributed by atoms with E-state index in [1.165, 1.54) is 0 Å². The molecule has 0 aromatic heterocycles. The average Bonchev–Trinajstić information content (AvgIpc) is 2.19. The number of piperazine rings is 1. The van der Waals surface area contributed by atoms with Gasteiger partial charge in [0.1, 0.15) is 13.7 Å². The summed E-state index contributed by atoms with van der Waals surface area (Å²) in [5, 5.41) is 0. The van der Waals surface area contributed by atoms with Crippen molar-refractivity contribution in [1.82, 2.24) is 4.90 Å². The SMILES string of the molecule is Bc1cc(C)cc(F)c1N1CCN(C)CC1. The van der Waals surface area contributed by atoms with Gasteiger partial charge >= 0.3 is 0 Å². The zero-order chi connectivity index (χ0) is 11.7. The quantitative estimate of drug-likeness (QED) is 0.621. The summed E-state index contributed by atoms with van der Waals surface area (Å²) < 4.78 is 13.9. The Bertz CT molecular complexity index is 364. The predicted octanol–water partition coefficient (Wildman–Crippen LogP) is 0.144. The van der Waals surface area contributed by atoms with Crippen molar-refractivity contribution in [3.8, 4) is 0 Å². The zero-order valence-electron chi connectivity index (χ0n) is 10.3. The molecule has 1 aliphatic heterocycles. The van der Waals surface area contributed by atoms with Crippen LogP contribution in [0.5, 0.6) is 0 Å². The standard InChI is InChI=1S/C12H18BFN2/c1-9-7-10(13)12(11(14)8-9)16-5-3-15(2)4-6-16/h7-8H,3-6,13H2,1-2H3. The number of likely N-dealkylation sites (N-methyl/N-ethyl adjacent to an activating group) is 1. The maximum absolute atomic E-state index is 13.9. The Kier molecular flexibility index (Phi) is 3.19. The first-order chi connectivity index (χ1) is 7.58. The third kappa shape index (κ3) is 2.22. The molecule has 0 amide bonds. The van der Waals surface area contributed by atoms with Crippen LogP contribution in [0.1, 0.15) is 5.56 Å². The van der Waals surface area contributed by atoms with E-state index in [1.807, 2.05) is 14.8 Å². The lowest BCUT2D eigenvalue weighted by Crippen LogP contribution is -2.46. The molecule has 0 unspecified atom stereocenters. The van der Waals surface area contributed by atoms with Gasteiger partial charge in [0.15, 0.2) is 0 Å². The van der Waals surface area contributed by atoms with Crippen LogP contribution in [0.4, 0.5) is 10.1 Å². The fourth-order valence-corrected chi connectivity index (χ4v) is 2.34. The molecule has 0 saturated carbocycles. The first kappa shape index (κ1) is 11.5. The first-order valence-corrected chi connectivity index (χ1v) is 5.78. The highest BCUT2D eigenvalue weighted by Gasteiger charge is 2.18. The minimum absolute atomic E-state index is 0.0814. The number of aryl methyl sites for hydroxylation is 1. The summed E-state index contributed by atoms with van der Waals surface area (Å²) in [5.74, 6) is -0.0814. The van der Waals surface area contributed by atoms with E-state index in [2.05, 4.69) is 22.9 Å². The van der Waals surface area contributed by atoms with E-state index >= 15 is 0 Å². The van der Waals surface area contributed by atoms with Crippen molar-refractivity contribution >= 4 is 19.0 Å². The van der Waals surface area contributed by atoms with Gasteiger partial charge in [-0.15, -0.1) is 0 Å². The maximum atomic E-state index is 13.9. The maximum Gasteiger partial charge on any atom is 0.146 e. The molecule has 0 aliphatic carbocycles. The molecule has 1 aliphatic rings. The summed E-state index contributed by atoms with van der Waals surface area (Å²) >= 11 is 0. The molecule has 0 spiro atoms. The van der Waals surface area contributed by atoms with Crippen LogP contribution in [0.25, 0.3) is 0 Å². The van der Waals surface area contributed by atoms with Gasteiger partial charge in [-0.3, -0.25) is 0 Å². The van der Waals surface area contributed by atoms with E-state index in [-0.39, 0.29) is 5.82 Å². The molecule has 4 heteroatoms. The Morgan fingerprint density at radius 2 is 1.81 bits per heavy atom. The molecule has 2 nitrogen and oxygen atoms in total. The second-order valence-electron chi connectivity index (χ2n) is 4.70. The molecule has 1 aromatic carbocycles. The van der Waals surface area contributed by atoms with Gasteiger partial charge in [-0.05, 0) is 25.6 Å². The number of nitrogens with zero attached hydrogens (tertiary/aromatic N) is 2. The predicted molar refractivity (Wildman–Crippen MR) is 69.0 cm³/mol. The van der Waals surface area contributed by atoms with Crippen LogP contribution < -0.4 is 10.4 Å². The van der Waals surface area contributed by atoms with Gasteiger partial charge in [0.25, 0.3) is 0 Å². The van der Waals surface area contributed by atoms with Gasteiger partial charge in [0.05, 0.1) is 5.69 Å². The van der Waals surface area contributed by atoms with Crippen LogP contribution >= 0.6 is 0 Å². The van der Waals surface area contributed by atoms with Gasteiger partial charge in [0.2, 0.25) is 0 Å². The molecule has 1 aromatic rings. The Hall–Kier alpha value is -1.03. The second kappa shape index (κ2) is 4.46. The molecule has 1 fully saturated rings.